The molecule has 1 aromatic carbocycles. The predicted octanol–water partition coefficient (Wildman–Crippen LogP) is 5.74. The summed E-state index contributed by atoms with van der Waals surface area (Å²) in [4.78, 5) is 22.1. The second kappa shape index (κ2) is 7.53. The number of thiazole rings is 1. The van der Waals surface area contributed by atoms with Crippen LogP contribution in [-0.4, -0.2) is 15.9 Å². The van der Waals surface area contributed by atoms with Gasteiger partial charge in [-0.05, 0) is 53.4 Å². The fourth-order valence-corrected chi connectivity index (χ4v) is 4.70. The Kier molecular flexibility index (Phi) is 4.73. The smallest absolute Gasteiger partial charge is 0.228 e. The van der Waals surface area contributed by atoms with E-state index in [2.05, 4.69) is 15.3 Å². The van der Waals surface area contributed by atoms with Crippen LogP contribution in [0.25, 0.3) is 10.3 Å². The van der Waals surface area contributed by atoms with E-state index in [1.54, 1.807) is 17.4 Å². The summed E-state index contributed by atoms with van der Waals surface area (Å²) in [5, 5.41) is 7.53. The molecule has 1 fully saturated rings. The highest BCUT2D eigenvalue weighted by Gasteiger charge is 2.27. The van der Waals surface area contributed by atoms with Gasteiger partial charge in [0.25, 0.3) is 0 Å². The van der Waals surface area contributed by atoms with E-state index >= 15 is 0 Å². The Morgan fingerprint density at radius 2 is 2.10 bits per heavy atom. The number of thiophene rings is 1. The lowest BCUT2D eigenvalue weighted by Crippen LogP contribution is -2.15. The van der Waals surface area contributed by atoms with Crippen LogP contribution >= 0.6 is 22.7 Å². The van der Waals surface area contributed by atoms with Crippen LogP contribution in [0.5, 0.6) is 11.6 Å². The minimum Gasteiger partial charge on any atom is -0.439 e. The zero-order valence-corrected chi connectivity index (χ0v) is 16.9. The van der Waals surface area contributed by atoms with Crippen LogP contribution in [0.15, 0.2) is 47.2 Å². The number of aromatic nitrogens is 2. The summed E-state index contributed by atoms with van der Waals surface area (Å²) in [5.41, 5.74) is 1.84. The van der Waals surface area contributed by atoms with E-state index < -0.39 is 5.82 Å². The first-order valence-corrected chi connectivity index (χ1v) is 11.0. The van der Waals surface area contributed by atoms with Crippen molar-refractivity contribution in [3.63, 3.8) is 0 Å². The molecular weight excluding hydrogens is 409 g/mol. The number of hydrogen-bond donors (Lipinski definition) is 1. The number of fused-ring (bicyclic) bond motifs is 1. The number of nitrogens with zero attached hydrogens (tertiary/aromatic N) is 2. The minimum atomic E-state index is -0.518. The standard InChI is InChI=1S/C21H16FN3O2S2/c22-15-4-3-14(10-17(15)23-18(26)9-12-7-8-28-11-12)27-19-6-5-16-21(25-19)29-20(24-16)13-1-2-13/h3-8,10-11,13H,1-2,9H2,(H,23,26). The normalized spacial score (nSPS) is 13.6. The van der Waals surface area contributed by atoms with Crippen molar-refractivity contribution in [2.24, 2.45) is 0 Å². The van der Waals surface area contributed by atoms with Gasteiger partial charge in [0.05, 0.1) is 17.1 Å². The maximum absolute atomic E-state index is 14.1. The topological polar surface area (TPSA) is 64.1 Å². The molecule has 1 saturated carbocycles. The number of amides is 1. The number of anilines is 1. The lowest BCUT2D eigenvalue weighted by molar-refractivity contribution is -0.115. The lowest BCUT2D eigenvalue weighted by Gasteiger charge is -2.09. The molecule has 0 aliphatic heterocycles. The van der Waals surface area contributed by atoms with Crippen molar-refractivity contribution in [1.82, 2.24) is 9.97 Å². The highest BCUT2D eigenvalue weighted by molar-refractivity contribution is 7.18. The summed E-state index contributed by atoms with van der Waals surface area (Å²) < 4.78 is 20.0. The number of benzene rings is 1. The Morgan fingerprint density at radius 1 is 1.21 bits per heavy atom. The van der Waals surface area contributed by atoms with E-state index in [4.69, 9.17) is 4.74 Å². The molecule has 1 amide bonds. The van der Waals surface area contributed by atoms with E-state index in [0.717, 1.165) is 20.9 Å². The Bertz CT molecular complexity index is 1190. The number of rotatable bonds is 6. The molecule has 1 aliphatic carbocycles. The first-order chi connectivity index (χ1) is 14.1. The van der Waals surface area contributed by atoms with Gasteiger partial charge in [0, 0.05) is 18.1 Å². The van der Waals surface area contributed by atoms with Crippen molar-refractivity contribution < 1.29 is 13.9 Å². The Labute approximate surface area is 174 Å². The van der Waals surface area contributed by atoms with E-state index in [0.29, 0.717) is 17.5 Å². The lowest BCUT2D eigenvalue weighted by atomic mass is 10.2. The number of pyridine rings is 1. The Morgan fingerprint density at radius 3 is 2.90 bits per heavy atom. The third-order valence-electron chi connectivity index (χ3n) is 4.55. The molecule has 0 unspecified atom stereocenters. The van der Waals surface area contributed by atoms with Crippen LogP contribution in [-0.2, 0) is 11.2 Å². The van der Waals surface area contributed by atoms with Gasteiger partial charge in [-0.2, -0.15) is 11.3 Å². The quantitative estimate of drug-likeness (QED) is 0.428. The van der Waals surface area contributed by atoms with Crippen LogP contribution in [0.3, 0.4) is 0 Å². The van der Waals surface area contributed by atoms with Crippen molar-refractivity contribution >= 4 is 44.6 Å². The third kappa shape index (κ3) is 4.13. The van der Waals surface area contributed by atoms with Crippen LogP contribution in [0.1, 0.15) is 29.3 Å². The highest BCUT2D eigenvalue weighted by atomic mass is 32.1. The predicted molar refractivity (Wildman–Crippen MR) is 113 cm³/mol. The molecule has 0 saturated heterocycles. The van der Waals surface area contributed by atoms with Crippen LogP contribution < -0.4 is 10.1 Å². The van der Waals surface area contributed by atoms with Gasteiger partial charge >= 0.3 is 0 Å². The van der Waals surface area contributed by atoms with Gasteiger partial charge in [0.2, 0.25) is 11.8 Å². The van der Waals surface area contributed by atoms with Gasteiger partial charge < -0.3 is 10.1 Å². The molecule has 3 aromatic heterocycles. The van der Waals surface area contributed by atoms with E-state index in [-0.39, 0.29) is 18.0 Å². The zero-order chi connectivity index (χ0) is 19.8. The number of ether oxygens (including phenoxy) is 1. The van der Waals surface area contributed by atoms with Crippen molar-refractivity contribution in [2.45, 2.75) is 25.2 Å². The SMILES string of the molecule is O=C(Cc1ccsc1)Nc1cc(Oc2ccc3nc(C4CC4)sc3n2)ccc1F. The molecular formula is C21H16FN3O2S2. The largest absolute Gasteiger partial charge is 0.439 e. The number of carbonyl (C=O) groups is 1. The van der Waals surface area contributed by atoms with Crippen molar-refractivity contribution in [3.05, 3.63) is 63.5 Å². The van der Waals surface area contributed by atoms with Crippen LogP contribution in [0.2, 0.25) is 0 Å². The summed E-state index contributed by atoms with van der Waals surface area (Å²) in [7, 11) is 0. The molecule has 0 bridgehead atoms. The zero-order valence-electron chi connectivity index (χ0n) is 15.2. The molecule has 0 atom stereocenters. The number of nitrogens with one attached hydrogen (secondary N) is 1. The summed E-state index contributed by atoms with van der Waals surface area (Å²) >= 11 is 3.11. The average molecular weight is 426 g/mol. The van der Waals surface area contributed by atoms with Gasteiger partial charge in [-0.3, -0.25) is 4.79 Å². The van der Waals surface area contributed by atoms with E-state index in [9.17, 15) is 9.18 Å². The van der Waals surface area contributed by atoms with Crippen molar-refractivity contribution in [2.75, 3.05) is 5.32 Å². The summed E-state index contributed by atoms with van der Waals surface area (Å²) in [5.74, 6) is 0.588. The number of hydrogen-bond acceptors (Lipinski definition) is 6. The second-order valence-corrected chi connectivity index (χ2v) is 8.69. The molecule has 29 heavy (non-hydrogen) atoms. The van der Waals surface area contributed by atoms with Crippen molar-refractivity contribution in [1.29, 1.82) is 0 Å². The van der Waals surface area contributed by atoms with Crippen molar-refractivity contribution in [3.8, 4) is 11.6 Å². The second-order valence-electron chi connectivity index (χ2n) is 6.90. The van der Waals surface area contributed by atoms with E-state index in [1.165, 1.54) is 42.4 Å². The van der Waals surface area contributed by atoms with Gasteiger partial charge in [-0.15, -0.1) is 0 Å². The molecule has 0 radical (unpaired) electrons. The van der Waals surface area contributed by atoms with Crippen LogP contribution in [0, 0.1) is 5.82 Å². The molecule has 146 valence electrons. The summed E-state index contributed by atoms with van der Waals surface area (Å²) in [6.07, 6.45) is 2.58. The molecule has 4 aromatic rings. The van der Waals surface area contributed by atoms with Crippen LogP contribution in [0.4, 0.5) is 10.1 Å². The fraction of sp³-hybridized carbons (Fsp3) is 0.190. The maximum atomic E-state index is 14.1. The average Bonchev–Trinajstić information content (AvgIpc) is 3.26. The highest BCUT2D eigenvalue weighted by Crippen LogP contribution is 2.43. The molecule has 1 aliphatic rings. The number of carbonyl (C=O) groups excluding carboxylic acids is 1. The monoisotopic (exact) mass is 425 g/mol. The first-order valence-electron chi connectivity index (χ1n) is 9.20. The molecule has 5 rings (SSSR count). The molecule has 1 N–H and O–H groups in total. The maximum Gasteiger partial charge on any atom is 0.228 e. The van der Waals surface area contributed by atoms with Gasteiger partial charge in [-0.1, -0.05) is 11.3 Å². The summed E-state index contributed by atoms with van der Waals surface area (Å²) in [6.45, 7) is 0. The fourth-order valence-electron chi connectivity index (χ4n) is 2.94. The summed E-state index contributed by atoms with van der Waals surface area (Å²) in [6, 6.07) is 9.75. The minimum absolute atomic E-state index is 0.0811. The first kappa shape index (κ1) is 18.2. The number of halogens is 1. The molecule has 0 spiro atoms. The molecule has 5 nitrogen and oxygen atoms in total. The van der Waals surface area contributed by atoms with E-state index in [1.807, 2.05) is 22.9 Å². The Hall–Kier alpha value is -2.84. The molecule has 3 heterocycles. The van der Waals surface area contributed by atoms with Gasteiger partial charge in [0.15, 0.2) is 0 Å². The van der Waals surface area contributed by atoms with Gasteiger partial charge in [-0.25, -0.2) is 14.4 Å². The third-order valence-corrected chi connectivity index (χ3v) is 6.41. The molecule has 8 heteroatoms. The Balaban J connectivity index is 1.32. The van der Waals surface area contributed by atoms with Gasteiger partial charge in [0.1, 0.15) is 21.9 Å².